The lowest BCUT2D eigenvalue weighted by atomic mass is 10.2. The van der Waals surface area contributed by atoms with Gasteiger partial charge < -0.3 is 15.1 Å². The molecule has 0 bridgehead atoms. The van der Waals surface area contributed by atoms with Crippen molar-refractivity contribution in [2.24, 2.45) is 0 Å². The van der Waals surface area contributed by atoms with Crippen molar-refractivity contribution in [1.82, 2.24) is 15.1 Å². The normalized spacial score (nSPS) is 11.6. The summed E-state index contributed by atoms with van der Waals surface area (Å²) in [6, 6.07) is 0. The molecule has 0 aliphatic rings. The van der Waals surface area contributed by atoms with Gasteiger partial charge in [-0.15, -0.1) is 0 Å². The largest absolute Gasteiger partial charge is 0.317 e. The Hall–Kier alpha value is -0.120. The molecule has 0 saturated heterocycles. The molecule has 0 heterocycles. The van der Waals surface area contributed by atoms with Gasteiger partial charge in [-0.05, 0) is 59.5 Å². The average molecular weight is 243 g/mol. The van der Waals surface area contributed by atoms with Crippen molar-refractivity contribution in [3.05, 3.63) is 0 Å². The van der Waals surface area contributed by atoms with Gasteiger partial charge in [0.2, 0.25) is 0 Å². The molecule has 0 aliphatic carbocycles. The molecule has 0 amide bonds. The van der Waals surface area contributed by atoms with Crippen LogP contribution in [0, 0.1) is 0 Å². The molecule has 0 fully saturated rings. The van der Waals surface area contributed by atoms with E-state index in [0.29, 0.717) is 0 Å². The fourth-order valence-electron chi connectivity index (χ4n) is 1.93. The summed E-state index contributed by atoms with van der Waals surface area (Å²) >= 11 is 0. The zero-order valence-electron chi connectivity index (χ0n) is 12.5. The van der Waals surface area contributed by atoms with E-state index in [0.717, 1.165) is 6.54 Å². The molecule has 0 spiro atoms. The monoisotopic (exact) mass is 243 g/mol. The van der Waals surface area contributed by atoms with Gasteiger partial charge in [0.25, 0.3) is 0 Å². The number of nitrogens with one attached hydrogen (secondary N) is 1. The summed E-state index contributed by atoms with van der Waals surface area (Å²) in [7, 11) is 4.31. The predicted octanol–water partition coefficient (Wildman–Crippen LogP) is 2.04. The van der Waals surface area contributed by atoms with Crippen molar-refractivity contribution < 1.29 is 0 Å². The zero-order valence-corrected chi connectivity index (χ0v) is 12.5. The third-order valence-corrected chi connectivity index (χ3v) is 2.98. The van der Waals surface area contributed by atoms with E-state index in [1.807, 2.05) is 0 Å². The average Bonchev–Trinajstić information content (AvgIpc) is 2.30. The lowest BCUT2D eigenvalue weighted by Gasteiger charge is -2.23. The number of hydrogen-bond donors (Lipinski definition) is 1. The second-order valence-corrected chi connectivity index (χ2v) is 5.06. The van der Waals surface area contributed by atoms with Crippen molar-refractivity contribution in [2.45, 2.75) is 39.5 Å². The quantitative estimate of drug-likeness (QED) is 0.529. The van der Waals surface area contributed by atoms with Gasteiger partial charge in [0, 0.05) is 13.1 Å². The molecule has 17 heavy (non-hydrogen) atoms. The van der Waals surface area contributed by atoms with Crippen LogP contribution in [-0.4, -0.2) is 63.2 Å². The first-order chi connectivity index (χ1) is 8.20. The Kier molecular flexibility index (Phi) is 12.3. The molecule has 0 aliphatic heterocycles. The van der Waals surface area contributed by atoms with Gasteiger partial charge in [0.15, 0.2) is 0 Å². The minimum atomic E-state index is 1.10. The summed E-state index contributed by atoms with van der Waals surface area (Å²) in [5.74, 6) is 0. The van der Waals surface area contributed by atoms with Crippen LogP contribution in [0.2, 0.25) is 0 Å². The summed E-state index contributed by atoms with van der Waals surface area (Å²) in [5.41, 5.74) is 0. The number of likely N-dealkylation sites (N-methyl/N-ethyl adjacent to an activating group) is 1. The third-order valence-electron chi connectivity index (χ3n) is 2.98. The summed E-state index contributed by atoms with van der Waals surface area (Å²) in [6.07, 6.45) is 5.29. The predicted molar refractivity (Wildman–Crippen MR) is 77.7 cm³/mol. The summed E-state index contributed by atoms with van der Waals surface area (Å²) < 4.78 is 0. The van der Waals surface area contributed by atoms with Gasteiger partial charge in [0.1, 0.15) is 0 Å². The molecule has 0 unspecified atom stereocenters. The smallest absolute Gasteiger partial charge is 0.0109 e. The van der Waals surface area contributed by atoms with E-state index in [1.165, 1.54) is 58.4 Å². The molecular formula is C14H33N3. The number of rotatable bonds is 12. The maximum atomic E-state index is 3.38. The molecule has 0 rings (SSSR count). The molecule has 0 saturated carbocycles. The van der Waals surface area contributed by atoms with E-state index in [-0.39, 0.29) is 0 Å². The molecule has 0 aromatic heterocycles. The number of nitrogens with zero attached hydrogens (tertiary/aromatic N) is 2. The van der Waals surface area contributed by atoms with Crippen LogP contribution in [0.25, 0.3) is 0 Å². The highest BCUT2D eigenvalue weighted by atomic mass is 15.2. The SMILES string of the molecule is CCCN(CCCCCNCC)CCN(C)C. The molecule has 104 valence electrons. The van der Waals surface area contributed by atoms with Crippen molar-refractivity contribution in [3.8, 4) is 0 Å². The van der Waals surface area contributed by atoms with Crippen molar-refractivity contribution in [1.29, 1.82) is 0 Å². The Morgan fingerprint density at radius 1 is 0.824 bits per heavy atom. The summed E-state index contributed by atoms with van der Waals surface area (Å²) in [5, 5.41) is 3.38. The van der Waals surface area contributed by atoms with E-state index < -0.39 is 0 Å². The molecule has 0 radical (unpaired) electrons. The number of hydrogen-bond acceptors (Lipinski definition) is 3. The van der Waals surface area contributed by atoms with Crippen LogP contribution in [0.3, 0.4) is 0 Å². The second kappa shape index (κ2) is 12.3. The summed E-state index contributed by atoms with van der Waals surface area (Å²) in [4.78, 5) is 4.88. The van der Waals surface area contributed by atoms with Gasteiger partial charge in [-0.3, -0.25) is 0 Å². The second-order valence-electron chi connectivity index (χ2n) is 5.06. The van der Waals surface area contributed by atoms with Gasteiger partial charge in [0.05, 0.1) is 0 Å². The Morgan fingerprint density at radius 2 is 1.59 bits per heavy atom. The minimum absolute atomic E-state index is 1.10. The van der Waals surface area contributed by atoms with E-state index in [4.69, 9.17) is 0 Å². The first kappa shape index (κ1) is 16.9. The van der Waals surface area contributed by atoms with Crippen LogP contribution in [0.1, 0.15) is 39.5 Å². The lowest BCUT2D eigenvalue weighted by molar-refractivity contribution is 0.236. The Balaban J connectivity index is 3.48. The fraction of sp³-hybridized carbons (Fsp3) is 1.00. The highest BCUT2D eigenvalue weighted by Crippen LogP contribution is 2.00. The van der Waals surface area contributed by atoms with Crippen molar-refractivity contribution in [2.75, 3.05) is 53.4 Å². The van der Waals surface area contributed by atoms with Crippen molar-refractivity contribution >= 4 is 0 Å². The highest BCUT2D eigenvalue weighted by molar-refractivity contribution is 4.59. The topological polar surface area (TPSA) is 18.5 Å². The van der Waals surface area contributed by atoms with Crippen LogP contribution in [0.15, 0.2) is 0 Å². The van der Waals surface area contributed by atoms with Crippen LogP contribution >= 0.6 is 0 Å². The van der Waals surface area contributed by atoms with Crippen LogP contribution in [-0.2, 0) is 0 Å². The van der Waals surface area contributed by atoms with E-state index in [9.17, 15) is 0 Å². The molecule has 0 aromatic rings. The Bertz CT molecular complexity index is 148. The maximum Gasteiger partial charge on any atom is 0.0109 e. The van der Waals surface area contributed by atoms with E-state index in [2.05, 4.69) is 43.1 Å². The lowest BCUT2D eigenvalue weighted by Crippen LogP contribution is -2.33. The van der Waals surface area contributed by atoms with Gasteiger partial charge >= 0.3 is 0 Å². The molecule has 0 atom stereocenters. The molecule has 1 N–H and O–H groups in total. The van der Waals surface area contributed by atoms with Crippen LogP contribution < -0.4 is 5.32 Å². The van der Waals surface area contributed by atoms with Gasteiger partial charge in [-0.1, -0.05) is 20.3 Å². The Morgan fingerprint density at radius 3 is 2.18 bits per heavy atom. The third kappa shape index (κ3) is 12.1. The van der Waals surface area contributed by atoms with E-state index >= 15 is 0 Å². The molecule has 3 nitrogen and oxygen atoms in total. The van der Waals surface area contributed by atoms with Crippen molar-refractivity contribution in [3.63, 3.8) is 0 Å². The molecule has 0 aromatic carbocycles. The standard InChI is InChI=1S/C14H33N3/c1-5-11-17(14-13-16(3)4)12-9-7-8-10-15-6-2/h15H,5-14H2,1-4H3. The molecule has 3 heteroatoms. The highest BCUT2D eigenvalue weighted by Gasteiger charge is 2.03. The van der Waals surface area contributed by atoms with E-state index in [1.54, 1.807) is 0 Å². The fourth-order valence-corrected chi connectivity index (χ4v) is 1.93. The number of unbranched alkanes of at least 4 members (excludes halogenated alkanes) is 2. The van der Waals surface area contributed by atoms with Crippen LogP contribution in [0.4, 0.5) is 0 Å². The first-order valence-electron chi connectivity index (χ1n) is 7.28. The van der Waals surface area contributed by atoms with Gasteiger partial charge in [-0.25, -0.2) is 0 Å². The van der Waals surface area contributed by atoms with Crippen LogP contribution in [0.5, 0.6) is 0 Å². The Labute approximate surface area is 109 Å². The maximum absolute atomic E-state index is 3.38. The minimum Gasteiger partial charge on any atom is -0.317 e. The first-order valence-corrected chi connectivity index (χ1v) is 7.28. The molecular weight excluding hydrogens is 210 g/mol. The zero-order chi connectivity index (χ0) is 12.9. The summed E-state index contributed by atoms with van der Waals surface area (Å²) in [6.45, 7) is 11.6. The van der Waals surface area contributed by atoms with Gasteiger partial charge in [-0.2, -0.15) is 0 Å².